The third kappa shape index (κ3) is 3.14. The number of nitrogens with two attached hydrogens (primary N) is 1. The monoisotopic (exact) mass is 285 g/mol. The molecular weight excluding hydrogens is 266 g/mol. The topological polar surface area (TPSA) is 70.8 Å². The van der Waals surface area contributed by atoms with Crippen molar-refractivity contribution < 1.29 is 17.9 Å². The first-order valence-corrected chi connectivity index (χ1v) is 7.49. The molecule has 0 aliphatic carbocycles. The fraction of sp³-hybridized carbons (Fsp3) is 0.538. The van der Waals surface area contributed by atoms with E-state index < -0.39 is 17.1 Å². The van der Waals surface area contributed by atoms with Crippen LogP contribution in [0.3, 0.4) is 0 Å². The fourth-order valence-corrected chi connectivity index (χ4v) is 2.46. The van der Waals surface area contributed by atoms with Crippen LogP contribution in [0.25, 0.3) is 0 Å². The van der Waals surface area contributed by atoms with Crippen LogP contribution in [-0.4, -0.2) is 16.6 Å². The number of hydrogen-bond acceptors (Lipinski definition) is 4. The van der Waals surface area contributed by atoms with Gasteiger partial charge in [-0.2, -0.15) is 0 Å². The first-order chi connectivity index (χ1) is 9.10. The Kier molecular flexibility index (Phi) is 4.57. The van der Waals surface area contributed by atoms with Gasteiger partial charge in [-0.3, -0.25) is 4.18 Å². The van der Waals surface area contributed by atoms with Crippen molar-refractivity contribution in [2.24, 2.45) is 5.14 Å². The van der Waals surface area contributed by atoms with E-state index in [1.165, 1.54) is 0 Å². The molecule has 106 valence electrons. The van der Waals surface area contributed by atoms with Crippen LogP contribution in [0.15, 0.2) is 24.3 Å². The first-order valence-electron chi connectivity index (χ1n) is 6.35. The molecule has 0 saturated heterocycles. The second-order valence-corrected chi connectivity index (χ2v) is 5.17. The molecule has 1 aromatic carbocycles. The van der Waals surface area contributed by atoms with Crippen molar-refractivity contribution in [3.8, 4) is 5.75 Å². The van der Waals surface area contributed by atoms with Crippen molar-refractivity contribution in [3.05, 3.63) is 29.8 Å². The predicted octanol–water partition coefficient (Wildman–Crippen LogP) is 2.21. The highest BCUT2D eigenvalue weighted by Gasteiger charge is 2.39. The van der Waals surface area contributed by atoms with Gasteiger partial charge >= 0.3 is 0 Å². The summed E-state index contributed by atoms with van der Waals surface area (Å²) in [6.45, 7) is 4.16. The van der Waals surface area contributed by atoms with E-state index in [9.17, 15) is 4.21 Å². The lowest BCUT2D eigenvalue weighted by molar-refractivity contribution is -0.237. The molecule has 2 rings (SSSR count). The summed E-state index contributed by atoms with van der Waals surface area (Å²) in [4.78, 5) is 0. The molecule has 1 aliphatic rings. The molecule has 2 N–H and O–H groups in total. The summed E-state index contributed by atoms with van der Waals surface area (Å²) in [5, 5.41) is 5.13. The van der Waals surface area contributed by atoms with E-state index in [1.54, 1.807) is 0 Å². The summed E-state index contributed by atoms with van der Waals surface area (Å²) in [6.07, 6.45) is 1.12. The third-order valence-corrected chi connectivity index (χ3v) is 3.70. The molecule has 1 aliphatic heterocycles. The molecule has 0 aromatic heterocycles. The zero-order valence-corrected chi connectivity index (χ0v) is 11.9. The van der Waals surface area contributed by atoms with Gasteiger partial charge in [0.1, 0.15) is 11.9 Å². The quantitative estimate of drug-likeness (QED) is 0.900. The normalized spacial score (nSPS) is 22.4. The first kappa shape index (κ1) is 14.5. The zero-order valence-electron chi connectivity index (χ0n) is 11.1. The van der Waals surface area contributed by atoms with E-state index >= 15 is 0 Å². The van der Waals surface area contributed by atoms with E-state index in [2.05, 4.69) is 0 Å². The molecule has 0 amide bonds. The van der Waals surface area contributed by atoms with Gasteiger partial charge in [-0.25, -0.2) is 9.35 Å². The highest BCUT2D eigenvalue weighted by atomic mass is 32.2. The maximum Gasteiger partial charge on any atom is 0.231 e. The highest BCUT2D eigenvalue weighted by molar-refractivity contribution is 7.77. The van der Waals surface area contributed by atoms with Crippen LogP contribution in [0.5, 0.6) is 5.75 Å². The van der Waals surface area contributed by atoms with Crippen molar-refractivity contribution in [2.75, 3.05) is 6.61 Å². The van der Waals surface area contributed by atoms with Gasteiger partial charge in [0.25, 0.3) is 0 Å². The predicted molar refractivity (Wildman–Crippen MR) is 72.5 cm³/mol. The third-order valence-electron chi connectivity index (χ3n) is 3.33. The Bertz CT molecular complexity index is 462. The molecule has 1 unspecified atom stereocenters. The van der Waals surface area contributed by atoms with E-state index in [1.807, 2.05) is 38.1 Å². The molecule has 0 radical (unpaired) electrons. The molecule has 0 saturated carbocycles. The minimum Gasteiger partial charge on any atom is -0.462 e. The van der Waals surface area contributed by atoms with Gasteiger partial charge in [0.2, 0.25) is 17.1 Å². The van der Waals surface area contributed by atoms with Crippen LogP contribution in [0, 0.1) is 0 Å². The number of benzene rings is 1. The molecule has 0 fully saturated rings. The maximum atomic E-state index is 10.9. The largest absolute Gasteiger partial charge is 0.462 e. The molecule has 6 heteroatoms. The summed E-state index contributed by atoms with van der Waals surface area (Å²) in [5.41, 5.74) is 0.894. The Morgan fingerprint density at radius 3 is 2.68 bits per heavy atom. The SMILES string of the molecule is CCC1(CC)Oc2ccccc2[C@@H](COS(N)=O)O1. The number of rotatable bonds is 5. The number of para-hydroxylation sites is 1. The van der Waals surface area contributed by atoms with E-state index in [0.717, 1.165) is 24.2 Å². The Hall–Kier alpha value is -0.950. The Morgan fingerprint density at radius 1 is 1.37 bits per heavy atom. The summed E-state index contributed by atoms with van der Waals surface area (Å²) < 4.78 is 27.9. The van der Waals surface area contributed by atoms with Gasteiger partial charge in [-0.15, -0.1) is 0 Å². The average Bonchev–Trinajstić information content (AvgIpc) is 2.44. The van der Waals surface area contributed by atoms with Crippen molar-refractivity contribution in [1.82, 2.24) is 0 Å². The number of hydrogen-bond donors (Lipinski definition) is 1. The van der Waals surface area contributed by atoms with Crippen LogP contribution < -0.4 is 9.88 Å². The Morgan fingerprint density at radius 2 is 2.05 bits per heavy atom. The van der Waals surface area contributed by atoms with E-state index in [0.29, 0.717) is 0 Å². The van der Waals surface area contributed by atoms with Crippen LogP contribution in [0.2, 0.25) is 0 Å². The summed E-state index contributed by atoms with van der Waals surface area (Å²) in [6, 6.07) is 7.64. The van der Waals surface area contributed by atoms with Crippen molar-refractivity contribution in [1.29, 1.82) is 0 Å². The molecule has 2 atom stereocenters. The minimum absolute atomic E-state index is 0.144. The van der Waals surface area contributed by atoms with Crippen LogP contribution >= 0.6 is 0 Å². The van der Waals surface area contributed by atoms with Gasteiger partial charge in [-0.05, 0) is 6.07 Å². The van der Waals surface area contributed by atoms with E-state index in [4.69, 9.17) is 18.8 Å². The lowest BCUT2D eigenvalue weighted by atomic mass is 10.0. The lowest BCUT2D eigenvalue weighted by Gasteiger charge is -2.41. The second-order valence-electron chi connectivity index (χ2n) is 4.41. The smallest absolute Gasteiger partial charge is 0.231 e. The Balaban J connectivity index is 2.28. The standard InChI is InChI=1S/C13H19NO4S/c1-3-13(4-2)17-11-8-6-5-7-10(11)12(18-13)9-16-19(14)15/h5-8,12H,3-4,9,14H2,1-2H3/t12-,19?/m1/s1. The zero-order chi connectivity index (χ0) is 13.9. The number of fused-ring (bicyclic) bond motifs is 1. The lowest BCUT2D eigenvalue weighted by Crippen LogP contribution is -2.43. The molecule has 1 heterocycles. The summed E-state index contributed by atoms with van der Waals surface area (Å²) >= 11 is -1.79. The molecule has 0 spiro atoms. The summed E-state index contributed by atoms with van der Waals surface area (Å²) in [5.74, 6) is 0.132. The molecule has 19 heavy (non-hydrogen) atoms. The van der Waals surface area contributed by atoms with Gasteiger partial charge in [0.15, 0.2) is 0 Å². The highest BCUT2D eigenvalue weighted by Crippen LogP contribution is 2.41. The molecule has 0 bridgehead atoms. The van der Waals surface area contributed by atoms with Gasteiger partial charge in [0, 0.05) is 18.4 Å². The van der Waals surface area contributed by atoms with Crippen molar-refractivity contribution >= 4 is 11.3 Å². The van der Waals surface area contributed by atoms with Gasteiger partial charge < -0.3 is 9.47 Å². The molecule has 1 aromatic rings. The minimum atomic E-state index is -1.79. The van der Waals surface area contributed by atoms with Crippen molar-refractivity contribution in [3.63, 3.8) is 0 Å². The van der Waals surface area contributed by atoms with Crippen LogP contribution in [-0.2, 0) is 20.2 Å². The maximum absolute atomic E-state index is 10.9. The fourth-order valence-electron chi connectivity index (χ4n) is 2.20. The molecular formula is C13H19NO4S. The average molecular weight is 285 g/mol. The van der Waals surface area contributed by atoms with Crippen LogP contribution in [0.1, 0.15) is 38.4 Å². The van der Waals surface area contributed by atoms with Crippen molar-refractivity contribution in [2.45, 2.75) is 38.6 Å². The summed E-state index contributed by atoms with van der Waals surface area (Å²) in [7, 11) is 0. The van der Waals surface area contributed by atoms with E-state index in [-0.39, 0.29) is 12.7 Å². The van der Waals surface area contributed by atoms with Gasteiger partial charge in [-0.1, -0.05) is 32.0 Å². The second kappa shape index (κ2) is 6.00. The Labute approximate surface area is 115 Å². The van der Waals surface area contributed by atoms with Crippen LogP contribution in [0.4, 0.5) is 0 Å². The van der Waals surface area contributed by atoms with Gasteiger partial charge in [0.05, 0.1) is 6.61 Å². The number of ether oxygens (including phenoxy) is 2. The molecule has 5 nitrogen and oxygen atoms in total.